The number of hydrogen-bond donors (Lipinski definition) is 4. The molecular formula is C13H19NO5. The minimum atomic E-state index is -1.36. The van der Waals surface area contributed by atoms with Crippen molar-refractivity contribution < 1.29 is 25.2 Å². The molecule has 0 aliphatic carbocycles. The van der Waals surface area contributed by atoms with E-state index in [1.165, 1.54) is 0 Å². The first-order valence-corrected chi connectivity index (χ1v) is 6.14. The molecule has 4 N–H and O–H groups in total. The van der Waals surface area contributed by atoms with E-state index in [0.717, 1.165) is 5.69 Å². The first-order chi connectivity index (χ1) is 9.06. The lowest BCUT2D eigenvalue weighted by molar-refractivity contribution is -0.227. The monoisotopic (exact) mass is 269 g/mol. The van der Waals surface area contributed by atoms with Crippen LogP contribution in [0.15, 0.2) is 30.3 Å². The van der Waals surface area contributed by atoms with Crippen molar-refractivity contribution in [2.75, 3.05) is 18.6 Å². The van der Waals surface area contributed by atoms with Gasteiger partial charge in [-0.1, -0.05) is 18.2 Å². The van der Waals surface area contributed by atoms with E-state index in [2.05, 4.69) is 0 Å². The van der Waals surface area contributed by atoms with Gasteiger partial charge < -0.3 is 30.1 Å². The molecule has 5 atom stereocenters. The smallest absolute Gasteiger partial charge is 0.159 e. The van der Waals surface area contributed by atoms with Crippen molar-refractivity contribution in [2.24, 2.45) is 0 Å². The second-order valence-corrected chi connectivity index (χ2v) is 4.67. The molecular weight excluding hydrogens is 250 g/mol. The molecule has 0 aromatic heterocycles. The summed E-state index contributed by atoms with van der Waals surface area (Å²) in [6.07, 6.45) is -5.68. The van der Waals surface area contributed by atoms with Gasteiger partial charge in [-0.25, -0.2) is 0 Å². The molecule has 1 fully saturated rings. The van der Waals surface area contributed by atoms with Crippen molar-refractivity contribution in [1.29, 1.82) is 0 Å². The van der Waals surface area contributed by atoms with E-state index in [1.807, 2.05) is 30.3 Å². The van der Waals surface area contributed by atoms with Gasteiger partial charge in [0.2, 0.25) is 0 Å². The average molecular weight is 269 g/mol. The van der Waals surface area contributed by atoms with Gasteiger partial charge in [0.15, 0.2) is 6.23 Å². The Balaban J connectivity index is 2.19. The Bertz CT molecular complexity index is 399. The van der Waals surface area contributed by atoms with Crippen molar-refractivity contribution in [3.8, 4) is 0 Å². The van der Waals surface area contributed by atoms with E-state index in [1.54, 1.807) is 11.9 Å². The van der Waals surface area contributed by atoms with Crippen LogP contribution in [0.3, 0.4) is 0 Å². The number of anilines is 1. The molecule has 6 nitrogen and oxygen atoms in total. The number of aliphatic hydroxyl groups is 4. The van der Waals surface area contributed by atoms with Gasteiger partial charge >= 0.3 is 0 Å². The summed E-state index contributed by atoms with van der Waals surface area (Å²) in [5.74, 6) is 0. The maximum Gasteiger partial charge on any atom is 0.159 e. The van der Waals surface area contributed by atoms with Gasteiger partial charge in [-0.2, -0.15) is 0 Å². The maximum atomic E-state index is 9.99. The van der Waals surface area contributed by atoms with Crippen molar-refractivity contribution in [3.63, 3.8) is 0 Å². The van der Waals surface area contributed by atoms with Crippen molar-refractivity contribution in [1.82, 2.24) is 0 Å². The summed E-state index contributed by atoms with van der Waals surface area (Å²) in [6, 6.07) is 9.22. The molecule has 0 spiro atoms. The summed E-state index contributed by atoms with van der Waals surface area (Å²) in [5, 5.41) is 38.6. The van der Waals surface area contributed by atoms with E-state index in [0.29, 0.717) is 0 Å². The van der Waals surface area contributed by atoms with Crippen molar-refractivity contribution in [3.05, 3.63) is 30.3 Å². The number of ether oxygens (including phenoxy) is 1. The van der Waals surface area contributed by atoms with Crippen molar-refractivity contribution in [2.45, 2.75) is 30.6 Å². The number of aliphatic hydroxyl groups excluding tert-OH is 4. The zero-order chi connectivity index (χ0) is 14.0. The summed E-state index contributed by atoms with van der Waals surface area (Å²) in [7, 11) is 1.71. The SMILES string of the molecule is CN(c1ccccc1)[C@@H]1O[C@H](CO)[C@@H](O)[C@H](O)[C@H]1O. The van der Waals surface area contributed by atoms with Gasteiger partial charge in [0, 0.05) is 12.7 Å². The van der Waals surface area contributed by atoms with E-state index >= 15 is 0 Å². The molecule has 1 aromatic rings. The third-order valence-corrected chi connectivity index (χ3v) is 3.41. The van der Waals surface area contributed by atoms with Crippen LogP contribution in [0.1, 0.15) is 0 Å². The highest BCUT2D eigenvalue weighted by Crippen LogP contribution is 2.26. The highest BCUT2D eigenvalue weighted by molar-refractivity contribution is 5.46. The van der Waals surface area contributed by atoms with E-state index in [4.69, 9.17) is 9.84 Å². The number of rotatable bonds is 3. The van der Waals surface area contributed by atoms with Gasteiger partial charge in [0.1, 0.15) is 24.4 Å². The Morgan fingerprint density at radius 1 is 1.05 bits per heavy atom. The third kappa shape index (κ3) is 2.72. The van der Waals surface area contributed by atoms with Gasteiger partial charge in [-0.15, -0.1) is 0 Å². The van der Waals surface area contributed by atoms with Crippen LogP contribution in [-0.2, 0) is 4.74 Å². The van der Waals surface area contributed by atoms with Gasteiger partial charge in [0.25, 0.3) is 0 Å². The van der Waals surface area contributed by atoms with E-state index in [9.17, 15) is 15.3 Å². The van der Waals surface area contributed by atoms with Crippen LogP contribution < -0.4 is 4.90 Å². The highest BCUT2D eigenvalue weighted by Gasteiger charge is 2.45. The first kappa shape index (κ1) is 14.2. The lowest BCUT2D eigenvalue weighted by Crippen LogP contribution is -2.62. The Kier molecular flexibility index (Phi) is 4.38. The second-order valence-electron chi connectivity index (χ2n) is 4.67. The van der Waals surface area contributed by atoms with Gasteiger partial charge in [-0.05, 0) is 12.1 Å². The molecule has 2 rings (SSSR count). The Hall–Kier alpha value is -1.18. The van der Waals surface area contributed by atoms with Crippen LogP contribution in [0.2, 0.25) is 0 Å². The van der Waals surface area contributed by atoms with E-state index in [-0.39, 0.29) is 0 Å². The maximum absolute atomic E-state index is 9.99. The molecule has 106 valence electrons. The summed E-state index contributed by atoms with van der Waals surface area (Å²) in [5.41, 5.74) is 0.798. The first-order valence-electron chi connectivity index (χ1n) is 6.14. The Morgan fingerprint density at radius 2 is 1.68 bits per heavy atom. The largest absolute Gasteiger partial charge is 0.394 e. The van der Waals surface area contributed by atoms with Crippen LogP contribution in [-0.4, -0.2) is 64.7 Å². The molecule has 0 saturated carbocycles. The number of para-hydroxylation sites is 1. The van der Waals surface area contributed by atoms with Crippen LogP contribution >= 0.6 is 0 Å². The molecule has 0 unspecified atom stereocenters. The molecule has 19 heavy (non-hydrogen) atoms. The Morgan fingerprint density at radius 3 is 2.26 bits per heavy atom. The van der Waals surface area contributed by atoms with Gasteiger partial charge in [-0.3, -0.25) is 0 Å². The molecule has 1 aromatic carbocycles. The van der Waals surface area contributed by atoms with Crippen LogP contribution in [0.5, 0.6) is 0 Å². The van der Waals surface area contributed by atoms with Crippen LogP contribution in [0, 0.1) is 0 Å². The topological polar surface area (TPSA) is 93.4 Å². The Labute approximate surface area is 111 Å². The molecule has 1 saturated heterocycles. The summed E-state index contributed by atoms with van der Waals surface area (Å²) >= 11 is 0. The van der Waals surface area contributed by atoms with Crippen molar-refractivity contribution >= 4 is 5.69 Å². The van der Waals surface area contributed by atoms with Gasteiger partial charge in [0.05, 0.1) is 6.61 Å². The standard InChI is InChI=1S/C13H19NO5/c1-14(8-5-3-2-4-6-8)13-12(18)11(17)10(16)9(7-15)19-13/h2-6,9-13,15-18H,7H2,1H3/t9-,10-,11+,12-,13-/m1/s1. The molecule has 1 aliphatic rings. The second kappa shape index (κ2) is 5.85. The summed E-state index contributed by atoms with van der Waals surface area (Å²) < 4.78 is 5.46. The van der Waals surface area contributed by atoms with Crippen LogP contribution in [0.4, 0.5) is 5.69 Å². The molecule has 0 amide bonds. The van der Waals surface area contributed by atoms with Crippen LogP contribution in [0.25, 0.3) is 0 Å². The quantitative estimate of drug-likeness (QED) is 0.558. The fourth-order valence-electron chi connectivity index (χ4n) is 2.21. The molecule has 1 aliphatic heterocycles. The zero-order valence-electron chi connectivity index (χ0n) is 10.6. The zero-order valence-corrected chi connectivity index (χ0v) is 10.6. The predicted octanol–water partition coefficient (Wildman–Crippen LogP) is -1.08. The molecule has 0 radical (unpaired) electrons. The number of hydrogen-bond acceptors (Lipinski definition) is 6. The van der Waals surface area contributed by atoms with E-state index < -0.39 is 37.3 Å². The highest BCUT2D eigenvalue weighted by atomic mass is 16.6. The number of nitrogens with zero attached hydrogens (tertiary/aromatic N) is 1. The fourth-order valence-corrected chi connectivity index (χ4v) is 2.21. The third-order valence-electron chi connectivity index (χ3n) is 3.41. The molecule has 0 bridgehead atoms. The number of likely N-dealkylation sites (N-methyl/N-ethyl adjacent to an activating group) is 1. The normalized spacial score (nSPS) is 35.1. The molecule has 1 heterocycles. The number of benzene rings is 1. The fraction of sp³-hybridized carbons (Fsp3) is 0.538. The lowest BCUT2D eigenvalue weighted by Gasteiger charge is -2.44. The summed E-state index contributed by atoms with van der Waals surface area (Å²) in [6.45, 7) is -0.427. The average Bonchev–Trinajstić information content (AvgIpc) is 2.45. The minimum absolute atomic E-state index is 0.427. The molecule has 6 heteroatoms. The minimum Gasteiger partial charge on any atom is -0.394 e. The predicted molar refractivity (Wildman–Crippen MR) is 68.6 cm³/mol. The lowest BCUT2D eigenvalue weighted by atomic mass is 9.97. The summed E-state index contributed by atoms with van der Waals surface area (Å²) in [4.78, 5) is 1.66.